The lowest BCUT2D eigenvalue weighted by atomic mass is 11.5. The molecule has 0 saturated carbocycles. The fourth-order valence-corrected chi connectivity index (χ4v) is 0. The Morgan fingerprint density at radius 1 is 0.233 bits per heavy atom. The number of quaternary nitrogens is 10. The van der Waals surface area contributed by atoms with Gasteiger partial charge >= 0.3 is 0 Å². The molecular formula is C5H40N10O15. The molecular weight excluding hydrogens is 440 g/mol. The summed E-state index contributed by atoms with van der Waals surface area (Å²) >= 11 is 0. The second-order valence-electron chi connectivity index (χ2n) is 1.25. The van der Waals surface area contributed by atoms with Gasteiger partial charge in [0.25, 0.3) is 0 Å². The van der Waals surface area contributed by atoms with Crippen LogP contribution in [0, 0.1) is 0 Å². The third kappa shape index (κ3) is 769. The van der Waals surface area contributed by atoms with E-state index in [0.717, 1.165) is 0 Å². The summed E-state index contributed by atoms with van der Waals surface area (Å²) in [4.78, 5) is 41.7. The van der Waals surface area contributed by atoms with Gasteiger partial charge in [0.2, 0.25) is 0 Å². The molecule has 0 heterocycles. The topological polar surface area (TPSA) is 681 Å². The van der Waals surface area contributed by atoms with Gasteiger partial charge in [-0.2, -0.15) is 0 Å². The predicted molar refractivity (Wildman–Crippen MR) is 86.8 cm³/mol. The van der Waals surface area contributed by atoms with Crippen molar-refractivity contribution < 1.29 is 75.0 Å². The van der Waals surface area contributed by atoms with Crippen molar-refractivity contribution in [1.82, 2.24) is 61.5 Å². The van der Waals surface area contributed by atoms with Gasteiger partial charge in [0.1, 0.15) is 0 Å². The average Bonchev–Trinajstić information content (AvgIpc) is 1.94. The van der Waals surface area contributed by atoms with Gasteiger partial charge in [-0.1, -0.05) is 0 Å². The van der Waals surface area contributed by atoms with Gasteiger partial charge < -0.3 is 137 Å². The minimum atomic E-state index is -2.33. The Morgan fingerprint density at radius 2 is 0.233 bits per heavy atom. The zero-order chi connectivity index (χ0) is 17.9. The van der Waals surface area contributed by atoms with Crippen molar-refractivity contribution in [3.63, 3.8) is 0 Å². The highest BCUT2D eigenvalue weighted by molar-refractivity contribution is 5.48. The molecule has 0 aliphatic carbocycles. The van der Waals surface area contributed by atoms with Gasteiger partial charge in [-0.05, 0) is 30.8 Å². The van der Waals surface area contributed by atoms with Crippen molar-refractivity contribution in [3.05, 3.63) is 0 Å². The third-order valence-corrected chi connectivity index (χ3v) is 0. The van der Waals surface area contributed by atoms with E-state index in [4.69, 9.17) is 75.0 Å². The summed E-state index contributed by atoms with van der Waals surface area (Å²) in [5.41, 5.74) is 0. The van der Waals surface area contributed by atoms with Crippen LogP contribution in [0.3, 0.4) is 0 Å². The van der Waals surface area contributed by atoms with Crippen molar-refractivity contribution in [1.29, 1.82) is 0 Å². The van der Waals surface area contributed by atoms with Gasteiger partial charge in [-0.25, -0.2) is 0 Å². The summed E-state index contributed by atoms with van der Waals surface area (Å²) in [5, 5.41) is 83.3. The van der Waals surface area contributed by atoms with E-state index < -0.39 is 30.8 Å². The molecule has 0 saturated heterocycles. The zero-order valence-corrected chi connectivity index (χ0v) is 18.6. The summed E-state index contributed by atoms with van der Waals surface area (Å²) < 4.78 is 0. The smallest absolute Gasteiger partial charge is 0.0431 e. The molecule has 25 nitrogen and oxygen atoms in total. The molecule has 0 spiro atoms. The monoisotopic (exact) mass is 480 g/mol. The highest BCUT2D eigenvalue weighted by Gasteiger charge is 1.28. The molecule has 40 N–H and O–H groups in total. The molecule has 0 aromatic rings. The number of hydrogen-bond acceptors (Lipinski definition) is 15. The van der Waals surface area contributed by atoms with Crippen LogP contribution in [-0.4, -0.2) is 30.8 Å². The lowest BCUT2D eigenvalue weighted by Crippen LogP contribution is -2.37. The van der Waals surface area contributed by atoms with Crippen LogP contribution in [-0.2, 0) is 0 Å². The zero-order valence-electron chi connectivity index (χ0n) is 18.6. The Balaban J connectivity index is -0.00000000666. The number of rotatable bonds is 0. The van der Waals surface area contributed by atoms with E-state index >= 15 is 0 Å². The van der Waals surface area contributed by atoms with Gasteiger partial charge in [0.15, 0.2) is 0 Å². The van der Waals surface area contributed by atoms with Crippen molar-refractivity contribution >= 4 is 30.8 Å². The molecule has 0 fully saturated rings. The average molecular weight is 480 g/mol. The molecule has 0 atom stereocenters. The largest absolute Gasteiger partial charge is 0.652 e. The molecule has 200 valence electrons. The Kier molecular flexibility index (Phi) is 536. The normalized spacial score (nSPS) is 4.00. The van der Waals surface area contributed by atoms with Gasteiger partial charge in [0, 0.05) is 0 Å². The molecule has 30 heavy (non-hydrogen) atoms. The second-order valence-corrected chi connectivity index (χ2v) is 1.25. The van der Waals surface area contributed by atoms with Gasteiger partial charge in [0.05, 0.1) is 0 Å². The van der Waals surface area contributed by atoms with Crippen LogP contribution in [0.25, 0.3) is 0 Å². The second kappa shape index (κ2) is 119. The van der Waals surface area contributed by atoms with E-state index in [1.54, 1.807) is 0 Å². The summed E-state index contributed by atoms with van der Waals surface area (Å²) in [5.74, 6) is 0. The number of carbonyl (C=O) groups excluding carboxylic acids is 5. The van der Waals surface area contributed by atoms with E-state index in [-0.39, 0.29) is 61.5 Å². The summed E-state index contributed by atoms with van der Waals surface area (Å²) in [6.07, 6.45) is -11.7. The van der Waals surface area contributed by atoms with Gasteiger partial charge in [-0.3, -0.25) is 0 Å². The molecule has 0 aromatic heterocycles. The van der Waals surface area contributed by atoms with E-state index in [1.807, 2.05) is 0 Å². The van der Waals surface area contributed by atoms with E-state index in [2.05, 4.69) is 0 Å². The summed E-state index contributed by atoms with van der Waals surface area (Å²) in [6.45, 7) is 0. The van der Waals surface area contributed by atoms with Crippen molar-refractivity contribution in [2.45, 2.75) is 0 Å². The maximum absolute atomic E-state index is 8.33. The summed E-state index contributed by atoms with van der Waals surface area (Å²) in [6, 6.07) is 0. The van der Waals surface area contributed by atoms with Crippen LogP contribution < -0.4 is 113 Å². The van der Waals surface area contributed by atoms with Crippen LogP contribution >= 0.6 is 0 Å². The fourth-order valence-electron chi connectivity index (χ4n) is 0. The van der Waals surface area contributed by atoms with E-state index in [0.29, 0.717) is 0 Å². The Bertz CT molecular complexity index is 229. The minimum Gasteiger partial charge on any atom is -0.652 e. The molecule has 0 bridgehead atoms. The lowest BCUT2D eigenvalue weighted by Gasteiger charge is -1.96. The Hall–Kier alpha value is -4.05. The maximum atomic E-state index is 8.33. The highest BCUT2D eigenvalue weighted by atomic mass is 16.6. The minimum absolute atomic E-state index is 0. The first-order valence-corrected chi connectivity index (χ1v) is 3.06. The molecule has 25 heteroatoms. The SMILES string of the molecule is O=C([O-])[O-].O=C([O-])[O-].O=C([O-])[O-].O=C([O-])[O-].O=C([O-])[O-].[NH4+].[NH4+].[NH4+].[NH4+].[NH4+].[NH4+].[NH4+].[NH4+].[NH4+].[NH4+]. The Labute approximate surface area is 168 Å². The predicted octanol–water partition coefficient (Wildman–Crippen LogP) is -8.47. The molecule has 0 amide bonds. The van der Waals surface area contributed by atoms with Crippen LogP contribution in [0.1, 0.15) is 0 Å². The lowest BCUT2D eigenvalue weighted by molar-refractivity contribution is -0.417. The Morgan fingerprint density at radius 3 is 0.233 bits per heavy atom. The van der Waals surface area contributed by atoms with Crippen LogP contribution in [0.15, 0.2) is 0 Å². The first-order valence-electron chi connectivity index (χ1n) is 3.06. The van der Waals surface area contributed by atoms with Crippen LogP contribution in [0.5, 0.6) is 0 Å². The van der Waals surface area contributed by atoms with Crippen LogP contribution in [0.2, 0.25) is 0 Å². The summed E-state index contributed by atoms with van der Waals surface area (Å²) in [7, 11) is 0. The van der Waals surface area contributed by atoms with Crippen molar-refractivity contribution in [3.8, 4) is 0 Å². The molecule has 0 aromatic carbocycles. The first kappa shape index (κ1) is 135. The quantitative estimate of drug-likeness (QED) is 0.154. The van der Waals surface area contributed by atoms with E-state index in [1.165, 1.54) is 0 Å². The van der Waals surface area contributed by atoms with E-state index in [9.17, 15) is 0 Å². The van der Waals surface area contributed by atoms with Crippen molar-refractivity contribution in [2.24, 2.45) is 0 Å². The maximum Gasteiger partial charge on any atom is -0.0431 e. The molecule has 0 unspecified atom stereocenters. The molecule has 0 aliphatic rings. The highest BCUT2D eigenvalue weighted by Crippen LogP contribution is 1.22. The number of carbonyl (C=O) groups is 5. The standard InChI is InChI=1S/5CH2O3.10H3N/c5*2-1(3)4;;;;;;;;;;/h5*(H2,2,3,4);10*1H3. The molecule has 0 aliphatic heterocycles. The number of hydrogen-bond donors (Lipinski definition) is 10. The van der Waals surface area contributed by atoms with Crippen molar-refractivity contribution in [2.75, 3.05) is 0 Å². The molecule has 0 rings (SSSR count). The first-order chi connectivity index (χ1) is 8.66. The van der Waals surface area contributed by atoms with Gasteiger partial charge in [-0.15, -0.1) is 0 Å². The van der Waals surface area contributed by atoms with Crippen LogP contribution in [0.4, 0.5) is 24.0 Å². The number of carboxylic acid groups (broad SMARTS) is 10. The third-order valence-electron chi connectivity index (χ3n) is 0. The fraction of sp³-hybridized carbons (Fsp3) is 0. The molecule has 0 radical (unpaired) electrons.